The predicted octanol–water partition coefficient (Wildman–Crippen LogP) is 2.07. The summed E-state index contributed by atoms with van der Waals surface area (Å²) in [5.74, 6) is 0. The standard InChI is InChI=1S/C10H11FO2S/c1-14(12,13)10-6-4-9(5-7-10)3-2-8-11/h2-7H,8H2,1H3/b3-2-. The van der Waals surface area contributed by atoms with Gasteiger partial charge in [-0.15, -0.1) is 0 Å². The summed E-state index contributed by atoms with van der Waals surface area (Å²) < 4.78 is 33.9. The Balaban J connectivity index is 2.95. The van der Waals surface area contributed by atoms with Crippen molar-refractivity contribution >= 4 is 15.9 Å². The van der Waals surface area contributed by atoms with Crippen molar-refractivity contribution in [2.45, 2.75) is 4.90 Å². The average Bonchev–Trinajstić information content (AvgIpc) is 2.14. The number of rotatable bonds is 3. The Hall–Kier alpha value is -1.16. The van der Waals surface area contributed by atoms with E-state index in [1.807, 2.05) is 0 Å². The van der Waals surface area contributed by atoms with Crippen LogP contribution < -0.4 is 0 Å². The van der Waals surface area contributed by atoms with Crippen molar-refractivity contribution in [1.29, 1.82) is 0 Å². The van der Waals surface area contributed by atoms with Gasteiger partial charge in [0.25, 0.3) is 0 Å². The molecule has 0 heterocycles. The lowest BCUT2D eigenvalue weighted by Crippen LogP contribution is -1.95. The Morgan fingerprint density at radius 2 is 1.86 bits per heavy atom. The number of hydrogen-bond acceptors (Lipinski definition) is 2. The molecule has 0 aliphatic rings. The number of hydrogen-bond donors (Lipinski definition) is 0. The highest BCUT2D eigenvalue weighted by atomic mass is 32.2. The average molecular weight is 214 g/mol. The molecule has 0 spiro atoms. The molecule has 0 atom stereocenters. The van der Waals surface area contributed by atoms with E-state index in [0.717, 1.165) is 11.8 Å². The summed E-state index contributed by atoms with van der Waals surface area (Å²) in [6.45, 7) is -0.520. The number of allylic oxidation sites excluding steroid dienone is 1. The van der Waals surface area contributed by atoms with Crippen LogP contribution >= 0.6 is 0 Å². The zero-order valence-electron chi connectivity index (χ0n) is 7.77. The van der Waals surface area contributed by atoms with Gasteiger partial charge in [0.1, 0.15) is 6.67 Å². The van der Waals surface area contributed by atoms with E-state index in [2.05, 4.69) is 0 Å². The van der Waals surface area contributed by atoms with Crippen LogP contribution in [0.15, 0.2) is 35.2 Å². The smallest absolute Gasteiger partial charge is 0.175 e. The summed E-state index contributed by atoms with van der Waals surface area (Å²) in [6, 6.07) is 6.30. The first-order chi connectivity index (χ1) is 6.54. The number of halogens is 1. The normalized spacial score (nSPS) is 12.1. The van der Waals surface area contributed by atoms with Gasteiger partial charge in [0.2, 0.25) is 0 Å². The maximum absolute atomic E-state index is 11.8. The first kappa shape index (κ1) is 10.9. The van der Waals surface area contributed by atoms with Gasteiger partial charge in [0.05, 0.1) is 4.90 Å². The Labute approximate surface area is 83.0 Å². The minimum atomic E-state index is -3.14. The summed E-state index contributed by atoms with van der Waals surface area (Å²) in [4.78, 5) is 0.273. The molecule has 0 saturated heterocycles. The third-order valence-electron chi connectivity index (χ3n) is 1.71. The molecule has 1 aromatic rings. The molecule has 0 amide bonds. The molecule has 0 N–H and O–H groups in total. The van der Waals surface area contributed by atoms with Gasteiger partial charge in [-0.25, -0.2) is 12.8 Å². The molecule has 0 fully saturated rings. The van der Waals surface area contributed by atoms with Crippen LogP contribution in [0.25, 0.3) is 6.08 Å². The van der Waals surface area contributed by atoms with Gasteiger partial charge < -0.3 is 0 Å². The first-order valence-electron chi connectivity index (χ1n) is 4.06. The van der Waals surface area contributed by atoms with Crippen molar-refractivity contribution in [3.8, 4) is 0 Å². The molecule has 0 unspecified atom stereocenters. The molecular formula is C10H11FO2S. The van der Waals surface area contributed by atoms with Crippen molar-refractivity contribution in [3.63, 3.8) is 0 Å². The maximum atomic E-state index is 11.8. The fourth-order valence-electron chi connectivity index (χ4n) is 1.01. The number of sulfone groups is 1. The van der Waals surface area contributed by atoms with Crippen LogP contribution in [-0.4, -0.2) is 21.3 Å². The molecule has 0 radical (unpaired) electrons. The maximum Gasteiger partial charge on any atom is 0.175 e. The van der Waals surface area contributed by atoms with Gasteiger partial charge in [-0.2, -0.15) is 0 Å². The Kier molecular flexibility index (Phi) is 3.41. The Morgan fingerprint density at radius 1 is 1.29 bits per heavy atom. The second kappa shape index (κ2) is 4.37. The van der Waals surface area contributed by atoms with Gasteiger partial charge in [-0.3, -0.25) is 0 Å². The van der Waals surface area contributed by atoms with Crippen LogP contribution in [-0.2, 0) is 9.84 Å². The van der Waals surface area contributed by atoms with Gasteiger partial charge in [0.15, 0.2) is 9.84 Å². The topological polar surface area (TPSA) is 34.1 Å². The molecule has 0 saturated carbocycles. The second-order valence-corrected chi connectivity index (χ2v) is 4.91. The monoisotopic (exact) mass is 214 g/mol. The van der Waals surface area contributed by atoms with E-state index in [1.54, 1.807) is 18.2 Å². The fraction of sp³-hybridized carbons (Fsp3) is 0.200. The molecule has 0 bridgehead atoms. The molecule has 4 heteroatoms. The summed E-state index contributed by atoms with van der Waals surface area (Å²) in [5, 5.41) is 0. The van der Waals surface area contributed by atoms with Gasteiger partial charge in [0, 0.05) is 6.26 Å². The molecule has 1 rings (SSSR count). The van der Waals surface area contributed by atoms with Gasteiger partial charge in [-0.1, -0.05) is 24.3 Å². The molecule has 14 heavy (non-hydrogen) atoms. The minimum Gasteiger partial charge on any atom is -0.247 e. The largest absolute Gasteiger partial charge is 0.247 e. The molecule has 1 aromatic carbocycles. The second-order valence-electron chi connectivity index (χ2n) is 2.90. The van der Waals surface area contributed by atoms with E-state index in [0.29, 0.717) is 0 Å². The molecule has 0 aliphatic carbocycles. The summed E-state index contributed by atoms with van der Waals surface area (Å²) in [6.07, 6.45) is 4.13. The van der Waals surface area contributed by atoms with Crippen LogP contribution in [0, 0.1) is 0 Å². The predicted molar refractivity (Wildman–Crippen MR) is 54.6 cm³/mol. The molecule has 0 aliphatic heterocycles. The fourth-order valence-corrected chi connectivity index (χ4v) is 1.64. The van der Waals surface area contributed by atoms with Crippen molar-refractivity contribution < 1.29 is 12.8 Å². The van der Waals surface area contributed by atoms with E-state index in [4.69, 9.17) is 0 Å². The lowest BCUT2D eigenvalue weighted by Gasteiger charge is -1.98. The highest BCUT2D eigenvalue weighted by Gasteiger charge is 2.04. The van der Waals surface area contributed by atoms with Crippen LogP contribution in [0.4, 0.5) is 4.39 Å². The summed E-state index contributed by atoms with van der Waals surface area (Å²) >= 11 is 0. The van der Waals surface area contributed by atoms with E-state index >= 15 is 0 Å². The molecule has 0 aromatic heterocycles. The van der Waals surface area contributed by atoms with Crippen LogP contribution in [0.1, 0.15) is 5.56 Å². The lowest BCUT2D eigenvalue weighted by atomic mass is 10.2. The Bertz CT molecular complexity index is 418. The van der Waals surface area contributed by atoms with E-state index in [1.165, 1.54) is 18.2 Å². The van der Waals surface area contributed by atoms with Crippen molar-refractivity contribution in [3.05, 3.63) is 35.9 Å². The molecule has 2 nitrogen and oxygen atoms in total. The van der Waals surface area contributed by atoms with Crippen LogP contribution in [0.3, 0.4) is 0 Å². The third-order valence-corrected chi connectivity index (χ3v) is 2.84. The first-order valence-corrected chi connectivity index (χ1v) is 5.96. The highest BCUT2D eigenvalue weighted by molar-refractivity contribution is 7.90. The van der Waals surface area contributed by atoms with Crippen LogP contribution in [0.2, 0.25) is 0 Å². The highest BCUT2D eigenvalue weighted by Crippen LogP contribution is 2.11. The molecule has 76 valence electrons. The van der Waals surface area contributed by atoms with Crippen molar-refractivity contribution in [2.75, 3.05) is 12.9 Å². The van der Waals surface area contributed by atoms with E-state index < -0.39 is 16.5 Å². The third kappa shape index (κ3) is 2.96. The lowest BCUT2D eigenvalue weighted by molar-refractivity contribution is 0.563. The van der Waals surface area contributed by atoms with Crippen molar-refractivity contribution in [1.82, 2.24) is 0 Å². The number of alkyl halides is 1. The Morgan fingerprint density at radius 3 is 2.29 bits per heavy atom. The van der Waals surface area contributed by atoms with Crippen molar-refractivity contribution in [2.24, 2.45) is 0 Å². The van der Waals surface area contributed by atoms with Crippen LogP contribution in [0.5, 0.6) is 0 Å². The summed E-state index contributed by atoms with van der Waals surface area (Å²) in [7, 11) is -3.14. The van der Waals surface area contributed by atoms with E-state index in [-0.39, 0.29) is 4.90 Å². The van der Waals surface area contributed by atoms with Gasteiger partial charge >= 0.3 is 0 Å². The zero-order valence-corrected chi connectivity index (χ0v) is 8.59. The summed E-state index contributed by atoms with van der Waals surface area (Å²) in [5.41, 5.74) is 0.787. The van der Waals surface area contributed by atoms with E-state index in [9.17, 15) is 12.8 Å². The zero-order chi connectivity index (χ0) is 10.6. The molecular weight excluding hydrogens is 203 g/mol. The van der Waals surface area contributed by atoms with Gasteiger partial charge in [-0.05, 0) is 17.7 Å². The quantitative estimate of drug-likeness (QED) is 0.772. The number of benzene rings is 1. The SMILES string of the molecule is CS(=O)(=O)c1ccc(/C=C\CF)cc1. The minimum absolute atomic E-state index is 0.273.